The Balaban J connectivity index is 2.03. The molecule has 1 N–H and O–H groups in total. The molecule has 1 saturated carbocycles. The highest BCUT2D eigenvalue weighted by Crippen LogP contribution is 2.35. The highest BCUT2D eigenvalue weighted by Gasteiger charge is 2.40. The first-order valence-electron chi connectivity index (χ1n) is 8.54. The lowest BCUT2D eigenvalue weighted by Gasteiger charge is -2.47. The molecule has 0 aromatic carbocycles. The van der Waals surface area contributed by atoms with E-state index < -0.39 is 0 Å². The molecule has 3 heteroatoms. The number of nitrogens with one attached hydrogen (secondary N) is 1. The maximum absolute atomic E-state index is 9.67. The first kappa shape index (κ1) is 15.8. The quantitative estimate of drug-likeness (QED) is 0.857. The molecule has 2 fully saturated rings. The summed E-state index contributed by atoms with van der Waals surface area (Å²) in [5, 5.41) is 13.2. The van der Waals surface area contributed by atoms with Crippen LogP contribution < -0.4 is 5.32 Å². The van der Waals surface area contributed by atoms with E-state index in [4.69, 9.17) is 0 Å². The Labute approximate surface area is 124 Å². The van der Waals surface area contributed by atoms with Crippen molar-refractivity contribution in [1.29, 1.82) is 5.26 Å². The van der Waals surface area contributed by atoms with E-state index in [1.54, 1.807) is 0 Å². The molecule has 2 rings (SSSR count). The van der Waals surface area contributed by atoms with Crippen LogP contribution in [-0.2, 0) is 0 Å². The Bertz CT molecular complexity index is 349. The average Bonchev–Trinajstić information content (AvgIpc) is 2.48. The van der Waals surface area contributed by atoms with Crippen LogP contribution in [0.2, 0.25) is 0 Å². The van der Waals surface area contributed by atoms with E-state index in [1.807, 2.05) is 0 Å². The van der Waals surface area contributed by atoms with Gasteiger partial charge < -0.3 is 0 Å². The van der Waals surface area contributed by atoms with Crippen LogP contribution in [0.3, 0.4) is 0 Å². The molecule has 20 heavy (non-hydrogen) atoms. The average molecular weight is 277 g/mol. The predicted octanol–water partition coefficient (Wildman–Crippen LogP) is 3.31. The minimum absolute atomic E-state index is 0.265. The van der Waals surface area contributed by atoms with E-state index in [9.17, 15) is 5.26 Å². The molecule has 3 nitrogen and oxygen atoms in total. The SMILES string of the molecule is CCCNC1(C#N)CCCC(N2CCCC(C)C2C)C1. The number of likely N-dealkylation sites (tertiary alicyclic amines) is 1. The molecule has 0 radical (unpaired) electrons. The van der Waals surface area contributed by atoms with Gasteiger partial charge in [0.15, 0.2) is 0 Å². The second-order valence-electron chi connectivity index (χ2n) is 6.97. The first-order valence-corrected chi connectivity index (χ1v) is 8.54. The monoisotopic (exact) mass is 277 g/mol. The molecule has 4 atom stereocenters. The van der Waals surface area contributed by atoms with Gasteiger partial charge in [0.2, 0.25) is 0 Å². The molecule has 0 aromatic heterocycles. The number of piperidine rings is 1. The van der Waals surface area contributed by atoms with Gasteiger partial charge in [-0.05, 0) is 70.9 Å². The molecule has 1 aliphatic heterocycles. The fourth-order valence-electron chi connectivity index (χ4n) is 4.08. The Morgan fingerprint density at radius 3 is 2.80 bits per heavy atom. The van der Waals surface area contributed by atoms with Gasteiger partial charge >= 0.3 is 0 Å². The fourth-order valence-corrected chi connectivity index (χ4v) is 4.08. The van der Waals surface area contributed by atoms with Crippen molar-refractivity contribution >= 4 is 0 Å². The Kier molecular flexibility index (Phi) is 5.46. The molecule has 2 aliphatic rings. The van der Waals surface area contributed by atoms with Crippen LogP contribution in [-0.4, -0.2) is 35.6 Å². The van der Waals surface area contributed by atoms with E-state index in [2.05, 4.69) is 37.1 Å². The van der Waals surface area contributed by atoms with Crippen LogP contribution in [0.15, 0.2) is 0 Å². The molecule has 0 amide bonds. The molecule has 1 saturated heterocycles. The zero-order valence-corrected chi connectivity index (χ0v) is 13.5. The van der Waals surface area contributed by atoms with Gasteiger partial charge in [-0.1, -0.05) is 13.8 Å². The lowest BCUT2D eigenvalue weighted by molar-refractivity contribution is 0.0354. The van der Waals surface area contributed by atoms with Crippen LogP contribution in [0.1, 0.15) is 65.7 Å². The molecule has 0 aromatic rings. The molecular weight excluding hydrogens is 246 g/mol. The van der Waals surface area contributed by atoms with Crippen molar-refractivity contribution in [3.8, 4) is 6.07 Å². The number of rotatable bonds is 4. The molecule has 4 unspecified atom stereocenters. The van der Waals surface area contributed by atoms with Crippen LogP contribution in [0, 0.1) is 17.2 Å². The molecular formula is C17H31N3. The van der Waals surface area contributed by atoms with Gasteiger partial charge in [0.05, 0.1) is 6.07 Å². The second-order valence-corrected chi connectivity index (χ2v) is 6.97. The van der Waals surface area contributed by atoms with Crippen molar-refractivity contribution < 1.29 is 0 Å². The molecule has 0 bridgehead atoms. The number of hydrogen-bond acceptors (Lipinski definition) is 3. The highest BCUT2D eigenvalue weighted by molar-refractivity contribution is 5.11. The van der Waals surface area contributed by atoms with Gasteiger partial charge in [-0.15, -0.1) is 0 Å². The third kappa shape index (κ3) is 3.35. The van der Waals surface area contributed by atoms with Gasteiger partial charge in [-0.25, -0.2) is 0 Å². The van der Waals surface area contributed by atoms with Crippen molar-refractivity contribution in [3.63, 3.8) is 0 Å². The third-order valence-corrected chi connectivity index (χ3v) is 5.54. The van der Waals surface area contributed by atoms with Crippen molar-refractivity contribution in [2.45, 2.75) is 83.3 Å². The zero-order valence-electron chi connectivity index (χ0n) is 13.5. The molecule has 1 aliphatic carbocycles. The van der Waals surface area contributed by atoms with Crippen LogP contribution >= 0.6 is 0 Å². The normalized spacial score (nSPS) is 39.4. The maximum Gasteiger partial charge on any atom is 0.108 e. The summed E-state index contributed by atoms with van der Waals surface area (Å²) in [4.78, 5) is 2.70. The summed E-state index contributed by atoms with van der Waals surface area (Å²) >= 11 is 0. The van der Waals surface area contributed by atoms with E-state index >= 15 is 0 Å². The number of nitrogens with zero attached hydrogens (tertiary/aromatic N) is 2. The fraction of sp³-hybridized carbons (Fsp3) is 0.941. The topological polar surface area (TPSA) is 39.1 Å². The van der Waals surface area contributed by atoms with Gasteiger partial charge in [0.1, 0.15) is 5.54 Å². The predicted molar refractivity (Wildman–Crippen MR) is 83.5 cm³/mol. The summed E-state index contributed by atoms with van der Waals surface area (Å²) in [5.41, 5.74) is -0.265. The smallest absolute Gasteiger partial charge is 0.108 e. The number of nitriles is 1. The summed E-state index contributed by atoms with van der Waals surface area (Å²) < 4.78 is 0. The lowest BCUT2D eigenvalue weighted by atomic mass is 9.77. The number of hydrogen-bond donors (Lipinski definition) is 1. The Hall–Kier alpha value is -0.590. The summed E-state index contributed by atoms with van der Waals surface area (Å²) in [6.07, 6.45) is 8.29. The standard InChI is InChI=1S/C17H31N3/c1-4-10-19-17(13-18)9-5-8-16(12-17)20-11-6-7-14(2)15(20)3/h14-16,19H,4-12H2,1-3H3. The largest absolute Gasteiger partial charge is 0.299 e. The Morgan fingerprint density at radius 1 is 1.30 bits per heavy atom. The molecule has 0 spiro atoms. The van der Waals surface area contributed by atoms with E-state index in [0.717, 1.165) is 31.7 Å². The van der Waals surface area contributed by atoms with Crippen molar-refractivity contribution in [3.05, 3.63) is 0 Å². The minimum atomic E-state index is -0.265. The lowest BCUT2D eigenvalue weighted by Crippen LogP contribution is -2.56. The molecule has 1 heterocycles. The summed E-state index contributed by atoms with van der Waals surface area (Å²) in [6.45, 7) is 9.13. The highest BCUT2D eigenvalue weighted by atomic mass is 15.2. The first-order chi connectivity index (χ1) is 9.62. The van der Waals surface area contributed by atoms with E-state index in [1.165, 1.54) is 32.2 Å². The third-order valence-electron chi connectivity index (χ3n) is 5.54. The minimum Gasteiger partial charge on any atom is -0.299 e. The Morgan fingerprint density at radius 2 is 2.10 bits per heavy atom. The van der Waals surface area contributed by atoms with Crippen LogP contribution in [0.4, 0.5) is 0 Å². The van der Waals surface area contributed by atoms with E-state index in [-0.39, 0.29) is 5.54 Å². The van der Waals surface area contributed by atoms with Crippen molar-refractivity contribution in [1.82, 2.24) is 10.2 Å². The van der Waals surface area contributed by atoms with Crippen LogP contribution in [0.5, 0.6) is 0 Å². The van der Waals surface area contributed by atoms with Gasteiger partial charge in [0.25, 0.3) is 0 Å². The summed E-state index contributed by atoms with van der Waals surface area (Å²) in [5.74, 6) is 0.797. The molecule has 114 valence electrons. The van der Waals surface area contributed by atoms with Gasteiger partial charge in [0, 0.05) is 12.1 Å². The zero-order chi connectivity index (χ0) is 14.6. The van der Waals surface area contributed by atoms with Gasteiger partial charge in [-0.3, -0.25) is 10.2 Å². The summed E-state index contributed by atoms with van der Waals surface area (Å²) in [7, 11) is 0. The van der Waals surface area contributed by atoms with Gasteiger partial charge in [-0.2, -0.15) is 5.26 Å². The van der Waals surface area contributed by atoms with Crippen LogP contribution in [0.25, 0.3) is 0 Å². The van der Waals surface area contributed by atoms with Crippen molar-refractivity contribution in [2.75, 3.05) is 13.1 Å². The van der Waals surface area contributed by atoms with E-state index in [0.29, 0.717) is 12.1 Å². The maximum atomic E-state index is 9.67. The second kappa shape index (κ2) is 6.91. The van der Waals surface area contributed by atoms with Crippen molar-refractivity contribution in [2.24, 2.45) is 5.92 Å². The summed E-state index contributed by atoms with van der Waals surface area (Å²) in [6, 6.07) is 3.89.